The maximum Gasteiger partial charge on any atom is 0.305 e. The summed E-state index contributed by atoms with van der Waals surface area (Å²) in [7, 11) is 0. The van der Waals surface area contributed by atoms with Crippen LogP contribution in [0.5, 0.6) is 0 Å². The Bertz CT molecular complexity index is 1030. The molecule has 2 atom stereocenters. The SMILES string of the molecule is CCCCCCCC/C=C\CCCCCCCCCC(=O)OCCCCCCCCCCCCCCCCCCCCCCCC(=O)NC(CO)C(O)/C=C/CCCCCCCCCCC. The zero-order valence-electron chi connectivity index (χ0n) is 44.4. The van der Waals surface area contributed by atoms with E-state index in [0.29, 0.717) is 19.4 Å². The first kappa shape index (κ1) is 64.3. The fourth-order valence-electron chi connectivity index (χ4n) is 9.16. The van der Waals surface area contributed by atoms with E-state index in [-0.39, 0.29) is 18.5 Å². The lowest BCUT2D eigenvalue weighted by atomic mass is 10.0. The summed E-state index contributed by atoms with van der Waals surface area (Å²) in [6.07, 6.45) is 67.8. The van der Waals surface area contributed by atoms with Crippen molar-refractivity contribution in [1.82, 2.24) is 5.32 Å². The van der Waals surface area contributed by atoms with E-state index < -0.39 is 12.1 Å². The lowest BCUT2D eigenvalue weighted by molar-refractivity contribution is -0.143. The fourth-order valence-corrected chi connectivity index (χ4v) is 9.16. The Kier molecular flexibility index (Phi) is 54.5. The van der Waals surface area contributed by atoms with Gasteiger partial charge in [0.05, 0.1) is 25.4 Å². The van der Waals surface area contributed by atoms with Gasteiger partial charge >= 0.3 is 5.97 Å². The number of aliphatic hydroxyl groups is 2. The molecule has 0 fully saturated rings. The molecule has 0 saturated carbocycles. The third-order valence-corrected chi connectivity index (χ3v) is 13.7. The topological polar surface area (TPSA) is 95.9 Å². The van der Waals surface area contributed by atoms with Crippen molar-refractivity contribution in [3.05, 3.63) is 24.3 Å². The normalized spacial score (nSPS) is 12.7. The molecule has 6 nitrogen and oxygen atoms in total. The van der Waals surface area contributed by atoms with Gasteiger partial charge in [0, 0.05) is 12.8 Å². The first-order valence-electron chi connectivity index (χ1n) is 29.6. The summed E-state index contributed by atoms with van der Waals surface area (Å²) >= 11 is 0. The molecule has 1 amide bonds. The third kappa shape index (κ3) is 51.7. The molecule has 0 aliphatic carbocycles. The molecule has 66 heavy (non-hydrogen) atoms. The smallest absolute Gasteiger partial charge is 0.305 e. The van der Waals surface area contributed by atoms with Gasteiger partial charge in [-0.25, -0.2) is 0 Å². The molecule has 0 aromatic carbocycles. The largest absolute Gasteiger partial charge is 0.466 e. The number of amides is 1. The maximum absolute atomic E-state index is 12.4. The van der Waals surface area contributed by atoms with E-state index in [4.69, 9.17) is 4.74 Å². The van der Waals surface area contributed by atoms with Gasteiger partial charge in [-0.3, -0.25) is 9.59 Å². The van der Waals surface area contributed by atoms with E-state index in [0.717, 1.165) is 44.9 Å². The van der Waals surface area contributed by atoms with Crippen molar-refractivity contribution in [1.29, 1.82) is 0 Å². The molecule has 0 saturated heterocycles. The van der Waals surface area contributed by atoms with Gasteiger partial charge in [0.1, 0.15) is 0 Å². The third-order valence-electron chi connectivity index (χ3n) is 13.7. The van der Waals surface area contributed by atoms with Crippen LogP contribution in [0.3, 0.4) is 0 Å². The summed E-state index contributed by atoms with van der Waals surface area (Å²) in [5.41, 5.74) is 0. The van der Waals surface area contributed by atoms with Crippen molar-refractivity contribution < 1.29 is 24.5 Å². The number of ether oxygens (including phenoxy) is 1. The van der Waals surface area contributed by atoms with Gasteiger partial charge in [-0.2, -0.15) is 0 Å². The molecule has 0 aromatic rings. The molecule has 0 radical (unpaired) electrons. The summed E-state index contributed by atoms with van der Waals surface area (Å²) in [4.78, 5) is 24.5. The van der Waals surface area contributed by atoms with Gasteiger partial charge < -0.3 is 20.3 Å². The number of rotatable bonds is 55. The van der Waals surface area contributed by atoms with Gasteiger partial charge in [0.25, 0.3) is 0 Å². The van der Waals surface area contributed by atoms with Crippen molar-refractivity contribution in [3.8, 4) is 0 Å². The van der Waals surface area contributed by atoms with Gasteiger partial charge in [-0.15, -0.1) is 0 Å². The van der Waals surface area contributed by atoms with E-state index >= 15 is 0 Å². The summed E-state index contributed by atoms with van der Waals surface area (Å²) in [5.74, 6) is -0.0615. The Labute approximate surface area is 411 Å². The Balaban J connectivity index is 3.37. The second-order valence-electron chi connectivity index (χ2n) is 20.3. The van der Waals surface area contributed by atoms with E-state index in [1.807, 2.05) is 6.08 Å². The molecule has 0 bridgehead atoms. The highest BCUT2D eigenvalue weighted by atomic mass is 16.5. The van der Waals surface area contributed by atoms with Crippen LogP contribution in [-0.4, -0.2) is 47.4 Å². The second kappa shape index (κ2) is 55.9. The van der Waals surface area contributed by atoms with Crippen LogP contribution < -0.4 is 5.32 Å². The van der Waals surface area contributed by atoms with Gasteiger partial charge in [-0.05, 0) is 57.8 Å². The van der Waals surface area contributed by atoms with Crippen LogP contribution in [0, 0.1) is 0 Å². The van der Waals surface area contributed by atoms with Crippen LogP contribution in [0.4, 0.5) is 0 Å². The van der Waals surface area contributed by atoms with Crippen LogP contribution in [0.2, 0.25) is 0 Å². The molecule has 6 heteroatoms. The number of esters is 1. The number of allylic oxidation sites excluding steroid dienone is 3. The molecule has 390 valence electrons. The number of aliphatic hydroxyl groups excluding tert-OH is 2. The quantitative estimate of drug-likeness (QED) is 0.0321. The van der Waals surface area contributed by atoms with Crippen LogP contribution in [-0.2, 0) is 14.3 Å². The summed E-state index contributed by atoms with van der Waals surface area (Å²) in [5, 5.41) is 23.0. The molecule has 3 N–H and O–H groups in total. The highest BCUT2D eigenvalue weighted by molar-refractivity contribution is 5.76. The number of hydrogen-bond donors (Lipinski definition) is 3. The van der Waals surface area contributed by atoms with Gasteiger partial charge in [0.15, 0.2) is 0 Å². The van der Waals surface area contributed by atoms with Gasteiger partial charge in [-0.1, -0.05) is 276 Å². The molecule has 0 aromatic heterocycles. The van der Waals surface area contributed by atoms with E-state index in [2.05, 4.69) is 31.3 Å². The lowest BCUT2D eigenvalue weighted by Gasteiger charge is -2.20. The molecule has 0 aliphatic heterocycles. The average molecular weight is 931 g/mol. The number of carbonyl (C=O) groups is 2. The minimum Gasteiger partial charge on any atom is -0.466 e. The van der Waals surface area contributed by atoms with Crippen molar-refractivity contribution in [2.75, 3.05) is 13.2 Å². The molecule has 2 unspecified atom stereocenters. The Morgan fingerprint density at radius 2 is 0.712 bits per heavy atom. The molecule has 0 aliphatic rings. The van der Waals surface area contributed by atoms with E-state index in [9.17, 15) is 19.8 Å². The van der Waals surface area contributed by atoms with E-state index in [1.165, 1.54) is 250 Å². The summed E-state index contributed by atoms with van der Waals surface area (Å²) in [6, 6.07) is -0.627. The molecule has 0 rings (SSSR count). The minimum absolute atomic E-state index is 0.00809. The maximum atomic E-state index is 12.4. The number of unbranched alkanes of at least 4 members (excludes halogenated alkanes) is 42. The minimum atomic E-state index is -0.843. The van der Waals surface area contributed by atoms with Gasteiger partial charge in [0.2, 0.25) is 5.91 Å². The number of hydrogen-bond acceptors (Lipinski definition) is 5. The van der Waals surface area contributed by atoms with E-state index in [1.54, 1.807) is 6.08 Å². The predicted octanol–water partition coefficient (Wildman–Crippen LogP) is 18.2. The highest BCUT2D eigenvalue weighted by Gasteiger charge is 2.18. The molecule has 0 heterocycles. The average Bonchev–Trinajstić information content (AvgIpc) is 3.32. The number of nitrogens with one attached hydrogen (secondary N) is 1. The summed E-state index contributed by atoms with van der Waals surface area (Å²) in [6.45, 7) is 4.89. The molecular formula is C60H115NO5. The second-order valence-corrected chi connectivity index (χ2v) is 20.3. The molecular weight excluding hydrogens is 815 g/mol. The van der Waals surface area contributed by atoms with Crippen molar-refractivity contribution >= 4 is 11.9 Å². The van der Waals surface area contributed by atoms with Crippen LogP contribution in [0.25, 0.3) is 0 Å². The van der Waals surface area contributed by atoms with Crippen molar-refractivity contribution in [3.63, 3.8) is 0 Å². The predicted molar refractivity (Wildman–Crippen MR) is 287 cm³/mol. The lowest BCUT2D eigenvalue weighted by Crippen LogP contribution is -2.45. The first-order chi connectivity index (χ1) is 32.5. The van der Waals surface area contributed by atoms with Crippen LogP contribution in [0.1, 0.15) is 322 Å². The first-order valence-corrected chi connectivity index (χ1v) is 29.6. The van der Waals surface area contributed by atoms with Crippen molar-refractivity contribution in [2.45, 2.75) is 334 Å². The zero-order valence-corrected chi connectivity index (χ0v) is 44.4. The van der Waals surface area contributed by atoms with Crippen molar-refractivity contribution in [2.24, 2.45) is 0 Å². The van der Waals surface area contributed by atoms with Crippen LogP contribution >= 0.6 is 0 Å². The summed E-state index contributed by atoms with van der Waals surface area (Å²) < 4.78 is 5.49. The Hall–Kier alpha value is -1.66. The molecule has 0 spiro atoms. The standard InChI is InChI=1S/C60H115NO5/c1-3-5-7-9-11-13-15-16-17-23-27-30-34-38-42-46-50-54-60(65)66-55-51-47-43-39-35-31-28-25-22-20-18-19-21-24-26-29-33-37-41-45-49-53-59(64)61-57(56-62)58(63)52-48-44-40-36-32-14-12-10-8-6-4-2/h16-17,48,52,57-58,62-63H,3-15,18-47,49-51,53-56H2,1-2H3,(H,61,64)/b17-16-,52-48+. The monoisotopic (exact) mass is 930 g/mol. The fraction of sp³-hybridized carbons (Fsp3) is 0.900. The highest BCUT2D eigenvalue weighted by Crippen LogP contribution is 2.17. The Morgan fingerprint density at radius 3 is 1.08 bits per heavy atom. The zero-order chi connectivity index (χ0) is 47.9. The van der Waals surface area contributed by atoms with Crippen LogP contribution in [0.15, 0.2) is 24.3 Å². The Morgan fingerprint density at radius 1 is 0.409 bits per heavy atom. The number of carbonyl (C=O) groups excluding carboxylic acids is 2.